The predicted octanol–water partition coefficient (Wildman–Crippen LogP) is 4.41. The van der Waals surface area contributed by atoms with E-state index in [1.54, 1.807) is 12.1 Å². The van der Waals surface area contributed by atoms with Gasteiger partial charge in [0.1, 0.15) is 5.75 Å². The largest absolute Gasteiger partial charge is 0.481 e. The summed E-state index contributed by atoms with van der Waals surface area (Å²) in [7, 11) is 0. The Balaban J connectivity index is 1.96. The van der Waals surface area contributed by atoms with Crippen molar-refractivity contribution in [3.63, 3.8) is 0 Å². The molecule has 1 fully saturated rings. The van der Waals surface area contributed by atoms with E-state index in [-0.39, 0.29) is 10.7 Å². The van der Waals surface area contributed by atoms with E-state index < -0.39 is 41.1 Å². The van der Waals surface area contributed by atoms with Gasteiger partial charge in [0.15, 0.2) is 6.61 Å². The van der Waals surface area contributed by atoms with Crippen molar-refractivity contribution in [2.45, 2.75) is 6.18 Å². The van der Waals surface area contributed by atoms with E-state index in [0.29, 0.717) is 22.2 Å². The van der Waals surface area contributed by atoms with Gasteiger partial charge in [0.05, 0.1) is 16.2 Å². The fourth-order valence-electron chi connectivity index (χ4n) is 2.60. The van der Waals surface area contributed by atoms with Crippen molar-refractivity contribution in [3.05, 3.63) is 64.6 Å². The molecule has 150 valence electrons. The number of rotatable bonds is 5. The second kappa shape index (κ2) is 8.00. The number of alkyl halides is 3. The van der Waals surface area contributed by atoms with Gasteiger partial charge in [0.25, 0.3) is 11.1 Å². The van der Waals surface area contributed by atoms with Crippen LogP contribution in [-0.4, -0.2) is 28.8 Å². The fraction of sp³-hybridized carbons (Fsp3) is 0.105. The molecule has 2 aromatic carbocycles. The average Bonchev–Trinajstić information content (AvgIpc) is 2.93. The van der Waals surface area contributed by atoms with Crippen LogP contribution in [0.4, 0.5) is 23.7 Å². The van der Waals surface area contributed by atoms with Crippen molar-refractivity contribution < 1.29 is 37.4 Å². The third kappa shape index (κ3) is 4.43. The summed E-state index contributed by atoms with van der Waals surface area (Å²) in [6, 6.07) is 10.5. The highest BCUT2D eigenvalue weighted by atomic mass is 32.2. The number of hydrogen-bond acceptors (Lipinski definition) is 5. The summed E-state index contributed by atoms with van der Waals surface area (Å²) < 4.78 is 44.9. The van der Waals surface area contributed by atoms with E-state index in [0.717, 1.165) is 18.2 Å². The zero-order valence-corrected chi connectivity index (χ0v) is 15.3. The first-order valence-corrected chi connectivity index (χ1v) is 8.88. The quantitative estimate of drug-likeness (QED) is 0.718. The van der Waals surface area contributed by atoms with Crippen molar-refractivity contribution in [3.8, 4) is 5.75 Å². The maximum absolute atomic E-state index is 13.3. The maximum Gasteiger partial charge on any atom is 0.418 e. The van der Waals surface area contributed by atoms with Gasteiger partial charge in [-0.2, -0.15) is 13.2 Å². The molecule has 1 heterocycles. The monoisotopic (exact) mass is 423 g/mol. The Kier molecular flexibility index (Phi) is 5.64. The summed E-state index contributed by atoms with van der Waals surface area (Å²) in [6.45, 7) is -0.620. The molecule has 29 heavy (non-hydrogen) atoms. The molecule has 1 saturated heterocycles. The van der Waals surface area contributed by atoms with E-state index in [4.69, 9.17) is 9.84 Å². The summed E-state index contributed by atoms with van der Waals surface area (Å²) in [5.41, 5.74) is -1.35. The molecule has 0 aromatic heterocycles. The summed E-state index contributed by atoms with van der Waals surface area (Å²) in [4.78, 5) is 36.1. The Bertz CT molecular complexity index is 1020. The molecule has 10 heteroatoms. The van der Waals surface area contributed by atoms with Crippen LogP contribution in [0.1, 0.15) is 11.1 Å². The molecule has 0 spiro atoms. The van der Waals surface area contributed by atoms with Gasteiger partial charge in [-0.25, -0.2) is 9.69 Å². The minimum atomic E-state index is -4.74. The molecule has 2 amide bonds. The van der Waals surface area contributed by atoms with Crippen LogP contribution in [0.15, 0.2) is 53.4 Å². The first-order chi connectivity index (χ1) is 13.7. The SMILES string of the molecule is O=C(O)COc1ccccc1/C=C1/SC(=O)N(c2ccccc2C(F)(F)F)C1=O. The number of amides is 2. The van der Waals surface area contributed by atoms with Crippen LogP contribution < -0.4 is 9.64 Å². The van der Waals surface area contributed by atoms with E-state index in [9.17, 15) is 27.6 Å². The number of aliphatic carboxylic acids is 1. The molecule has 2 aromatic rings. The number of carboxylic acids is 1. The van der Waals surface area contributed by atoms with Crippen LogP contribution in [0.2, 0.25) is 0 Å². The van der Waals surface area contributed by atoms with Crippen molar-refractivity contribution in [2.24, 2.45) is 0 Å². The Hall–Kier alpha value is -3.27. The number of para-hydroxylation sites is 2. The van der Waals surface area contributed by atoms with Crippen LogP contribution in [0, 0.1) is 0 Å². The fourth-order valence-corrected chi connectivity index (χ4v) is 3.42. The molecule has 0 saturated carbocycles. The molecule has 1 aliphatic rings. The number of hydrogen-bond donors (Lipinski definition) is 1. The third-order valence-corrected chi connectivity index (χ3v) is 4.67. The number of imide groups is 1. The highest BCUT2D eigenvalue weighted by Crippen LogP contribution is 2.42. The lowest BCUT2D eigenvalue weighted by atomic mass is 10.1. The second-order valence-corrected chi connectivity index (χ2v) is 6.75. The van der Waals surface area contributed by atoms with Crippen molar-refractivity contribution in [1.29, 1.82) is 0 Å². The number of nitrogens with zero attached hydrogens (tertiary/aromatic N) is 1. The highest BCUT2D eigenvalue weighted by molar-refractivity contribution is 8.19. The molecule has 0 unspecified atom stereocenters. The van der Waals surface area contributed by atoms with Gasteiger partial charge in [0, 0.05) is 5.56 Å². The Morgan fingerprint density at radius 3 is 2.45 bits per heavy atom. The number of anilines is 1. The lowest BCUT2D eigenvalue weighted by Gasteiger charge is -2.18. The molecule has 0 aliphatic carbocycles. The van der Waals surface area contributed by atoms with E-state index in [2.05, 4.69) is 0 Å². The number of benzene rings is 2. The van der Waals surface area contributed by atoms with E-state index >= 15 is 0 Å². The van der Waals surface area contributed by atoms with Gasteiger partial charge in [-0.05, 0) is 36.0 Å². The number of carbonyl (C=O) groups is 3. The summed E-state index contributed by atoms with van der Waals surface area (Å²) >= 11 is 0.483. The normalized spacial score (nSPS) is 15.8. The number of ether oxygens (including phenoxy) is 1. The minimum Gasteiger partial charge on any atom is -0.481 e. The smallest absolute Gasteiger partial charge is 0.418 e. The standard InChI is InChI=1S/C19H12F3NO5S/c20-19(21,22)12-6-2-3-7-13(12)23-17(26)15(29-18(23)27)9-11-5-1-4-8-14(11)28-10-16(24)25/h1-9H,10H2,(H,24,25)/b15-9+. The number of carbonyl (C=O) groups excluding carboxylic acids is 2. The summed E-state index contributed by atoms with van der Waals surface area (Å²) in [6.07, 6.45) is -3.47. The van der Waals surface area contributed by atoms with Crippen LogP contribution >= 0.6 is 11.8 Å². The van der Waals surface area contributed by atoms with Crippen LogP contribution in [-0.2, 0) is 15.8 Å². The average molecular weight is 423 g/mol. The molecule has 0 atom stereocenters. The Labute approximate surface area is 166 Å². The first-order valence-electron chi connectivity index (χ1n) is 8.06. The van der Waals surface area contributed by atoms with Gasteiger partial charge >= 0.3 is 12.1 Å². The number of thioether (sulfide) groups is 1. The highest BCUT2D eigenvalue weighted by Gasteiger charge is 2.42. The van der Waals surface area contributed by atoms with Gasteiger partial charge in [-0.15, -0.1) is 0 Å². The molecule has 0 bridgehead atoms. The number of halogens is 3. The number of carboxylic acid groups (broad SMARTS) is 1. The van der Waals surface area contributed by atoms with Gasteiger partial charge in [0.2, 0.25) is 0 Å². The lowest BCUT2D eigenvalue weighted by Crippen LogP contribution is -2.30. The molecule has 1 aliphatic heterocycles. The lowest BCUT2D eigenvalue weighted by molar-refractivity contribution is -0.139. The Morgan fingerprint density at radius 2 is 1.76 bits per heavy atom. The van der Waals surface area contributed by atoms with Gasteiger partial charge < -0.3 is 9.84 Å². The predicted molar refractivity (Wildman–Crippen MR) is 99.5 cm³/mol. The van der Waals surface area contributed by atoms with Crippen molar-refractivity contribution in [2.75, 3.05) is 11.5 Å². The van der Waals surface area contributed by atoms with Crippen molar-refractivity contribution >= 4 is 40.6 Å². The zero-order chi connectivity index (χ0) is 21.2. The van der Waals surface area contributed by atoms with Crippen LogP contribution in [0.5, 0.6) is 5.75 Å². The maximum atomic E-state index is 13.3. The van der Waals surface area contributed by atoms with E-state index in [1.807, 2.05) is 0 Å². The molecule has 6 nitrogen and oxygen atoms in total. The van der Waals surface area contributed by atoms with Gasteiger partial charge in [-0.3, -0.25) is 9.59 Å². The van der Waals surface area contributed by atoms with E-state index in [1.165, 1.54) is 24.3 Å². The molecule has 1 N–H and O–H groups in total. The van der Waals surface area contributed by atoms with Gasteiger partial charge in [-0.1, -0.05) is 30.3 Å². The van der Waals surface area contributed by atoms with Crippen LogP contribution in [0.25, 0.3) is 6.08 Å². The summed E-state index contributed by atoms with van der Waals surface area (Å²) in [5.74, 6) is -1.97. The third-order valence-electron chi connectivity index (χ3n) is 3.80. The second-order valence-electron chi connectivity index (χ2n) is 5.75. The molecular formula is C19H12F3NO5S. The summed E-state index contributed by atoms with van der Waals surface area (Å²) in [5, 5.41) is 7.86. The topological polar surface area (TPSA) is 83.9 Å². The Morgan fingerprint density at radius 1 is 1.10 bits per heavy atom. The first kappa shape index (κ1) is 20.5. The molecular weight excluding hydrogens is 411 g/mol. The molecule has 0 radical (unpaired) electrons. The zero-order valence-electron chi connectivity index (χ0n) is 14.5. The molecule has 3 rings (SSSR count). The minimum absolute atomic E-state index is 0.113. The van der Waals surface area contributed by atoms with Crippen molar-refractivity contribution in [1.82, 2.24) is 0 Å². The van der Waals surface area contributed by atoms with Crippen LogP contribution in [0.3, 0.4) is 0 Å².